The van der Waals surface area contributed by atoms with Crippen molar-refractivity contribution >= 4 is 11.9 Å². The average Bonchev–Trinajstić information content (AvgIpc) is 3.31. The topological polar surface area (TPSA) is 95.9 Å². The maximum Gasteiger partial charge on any atom is 0.305 e. The highest BCUT2D eigenvalue weighted by Crippen LogP contribution is 2.17. The summed E-state index contributed by atoms with van der Waals surface area (Å²) < 4.78 is 5.47. The Kier molecular flexibility index (Phi) is 53.5. The molecule has 0 fully saturated rings. The minimum absolute atomic E-state index is 0.00250. The lowest BCUT2D eigenvalue weighted by Gasteiger charge is -2.22. The van der Waals surface area contributed by atoms with E-state index in [9.17, 15) is 19.8 Å². The first-order valence-corrected chi connectivity index (χ1v) is 29.1. The first kappa shape index (κ1) is 63.3. The first-order valence-electron chi connectivity index (χ1n) is 29.1. The van der Waals surface area contributed by atoms with Gasteiger partial charge in [-0.15, -0.1) is 0 Å². The van der Waals surface area contributed by atoms with Crippen LogP contribution >= 0.6 is 0 Å². The van der Waals surface area contributed by atoms with E-state index in [1.165, 1.54) is 231 Å². The molecule has 2 unspecified atom stereocenters. The van der Waals surface area contributed by atoms with Crippen molar-refractivity contribution in [3.8, 4) is 0 Å². The molecular weight excluding hydrogens is 803 g/mol. The number of rotatable bonds is 54. The van der Waals surface area contributed by atoms with E-state index >= 15 is 0 Å². The summed E-state index contributed by atoms with van der Waals surface area (Å²) >= 11 is 0. The summed E-state index contributed by atoms with van der Waals surface area (Å²) in [6.07, 6.45) is 66.0. The van der Waals surface area contributed by atoms with Crippen LogP contribution in [0.2, 0.25) is 0 Å². The molecule has 0 aromatic heterocycles. The maximum absolute atomic E-state index is 12.5. The Hall–Kier alpha value is -1.66. The fourth-order valence-electron chi connectivity index (χ4n) is 9.01. The normalized spacial score (nSPS) is 12.7. The molecule has 0 saturated heterocycles. The number of ether oxygens (including phenoxy) is 1. The molecule has 0 aromatic carbocycles. The van der Waals surface area contributed by atoms with Gasteiger partial charge in [-0.2, -0.15) is 0 Å². The Balaban J connectivity index is 3.38. The van der Waals surface area contributed by atoms with Gasteiger partial charge in [-0.1, -0.05) is 276 Å². The molecule has 2 atom stereocenters. The molecule has 1 amide bonds. The molecule has 0 bridgehead atoms. The highest BCUT2D eigenvalue weighted by atomic mass is 16.5. The number of carbonyl (C=O) groups is 2. The van der Waals surface area contributed by atoms with Gasteiger partial charge in [0.15, 0.2) is 0 Å². The van der Waals surface area contributed by atoms with E-state index in [1.54, 1.807) is 0 Å². The smallest absolute Gasteiger partial charge is 0.305 e. The molecule has 0 aliphatic rings. The van der Waals surface area contributed by atoms with E-state index in [0.717, 1.165) is 51.4 Å². The molecule has 0 radical (unpaired) electrons. The first-order chi connectivity index (χ1) is 32.0. The van der Waals surface area contributed by atoms with E-state index in [-0.39, 0.29) is 18.5 Å². The molecule has 3 N–H and O–H groups in total. The number of aliphatic hydroxyl groups excluding tert-OH is 2. The maximum atomic E-state index is 12.5. The highest BCUT2D eigenvalue weighted by Gasteiger charge is 2.20. The molecule has 0 aromatic rings. The van der Waals surface area contributed by atoms with E-state index < -0.39 is 12.1 Å². The molecule has 0 aliphatic carbocycles. The lowest BCUT2D eigenvalue weighted by Crippen LogP contribution is -2.45. The van der Waals surface area contributed by atoms with Crippen molar-refractivity contribution in [3.05, 3.63) is 24.3 Å². The van der Waals surface area contributed by atoms with Crippen LogP contribution in [0.15, 0.2) is 24.3 Å². The molecule has 0 heterocycles. The van der Waals surface area contributed by atoms with Crippen molar-refractivity contribution in [1.82, 2.24) is 5.32 Å². The van der Waals surface area contributed by atoms with E-state index in [1.807, 2.05) is 0 Å². The molecule has 384 valence electrons. The summed E-state index contributed by atoms with van der Waals surface area (Å²) in [5, 5.41) is 23.2. The van der Waals surface area contributed by atoms with Crippen molar-refractivity contribution in [3.63, 3.8) is 0 Å². The molecule has 65 heavy (non-hydrogen) atoms. The van der Waals surface area contributed by atoms with Crippen LogP contribution in [0.25, 0.3) is 0 Å². The van der Waals surface area contributed by atoms with Gasteiger partial charge in [0.2, 0.25) is 5.91 Å². The molecule has 0 spiro atoms. The third kappa shape index (κ3) is 51.6. The van der Waals surface area contributed by atoms with Crippen molar-refractivity contribution in [1.29, 1.82) is 0 Å². The summed E-state index contributed by atoms with van der Waals surface area (Å²) in [5.41, 5.74) is 0. The molecule has 0 rings (SSSR count). The van der Waals surface area contributed by atoms with Gasteiger partial charge in [0.25, 0.3) is 0 Å². The number of esters is 1. The Labute approximate surface area is 405 Å². The number of allylic oxidation sites excluding steroid dienone is 4. The largest absolute Gasteiger partial charge is 0.466 e. The Morgan fingerprint density at radius 3 is 1.22 bits per heavy atom. The van der Waals surface area contributed by atoms with Crippen LogP contribution in [0.5, 0.6) is 0 Å². The monoisotopic (exact) mass is 916 g/mol. The molecule has 6 heteroatoms. The Bertz CT molecular complexity index is 1010. The van der Waals surface area contributed by atoms with Crippen LogP contribution in [-0.4, -0.2) is 47.4 Å². The second kappa shape index (κ2) is 54.9. The van der Waals surface area contributed by atoms with Gasteiger partial charge in [-0.3, -0.25) is 9.59 Å². The summed E-state index contributed by atoms with van der Waals surface area (Å²) in [4.78, 5) is 24.5. The van der Waals surface area contributed by atoms with Crippen molar-refractivity contribution in [2.24, 2.45) is 0 Å². The third-order valence-electron chi connectivity index (χ3n) is 13.5. The van der Waals surface area contributed by atoms with Gasteiger partial charge in [0.05, 0.1) is 25.4 Å². The zero-order valence-corrected chi connectivity index (χ0v) is 43.7. The molecule has 0 aliphatic heterocycles. The zero-order chi connectivity index (χ0) is 47.2. The highest BCUT2D eigenvalue weighted by molar-refractivity contribution is 5.76. The number of hydrogen-bond donors (Lipinski definition) is 3. The van der Waals surface area contributed by atoms with Crippen LogP contribution in [0.1, 0.15) is 316 Å². The van der Waals surface area contributed by atoms with Gasteiger partial charge in [-0.25, -0.2) is 0 Å². The van der Waals surface area contributed by atoms with E-state index in [4.69, 9.17) is 4.74 Å². The lowest BCUT2D eigenvalue weighted by atomic mass is 10.0. The van der Waals surface area contributed by atoms with Crippen LogP contribution in [0.3, 0.4) is 0 Å². The number of nitrogens with one attached hydrogen (secondary N) is 1. The van der Waals surface area contributed by atoms with Crippen LogP contribution < -0.4 is 5.32 Å². The number of carbonyl (C=O) groups excluding carboxylic acids is 2. The van der Waals surface area contributed by atoms with Crippen LogP contribution in [0.4, 0.5) is 0 Å². The van der Waals surface area contributed by atoms with Gasteiger partial charge in [-0.05, 0) is 51.4 Å². The summed E-state index contributed by atoms with van der Waals surface area (Å²) in [6, 6.07) is -0.541. The minimum atomic E-state index is -0.664. The Morgan fingerprint density at radius 1 is 0.431 bits per heavy atom. The van der Waals surface area contributed by atoms with Crippen molar-refractivity contribution in [2.45, 2.75) is 328 Å². The Morgan fingerprint density at radius 2 is 0.785 bits per heavy atom. The summed E-state index contributed by atoms with van der Waals surface area (Å²) in [5.74, 6) is -0.0380. The van der Waals surface area contributed by atoms with Crippen molar-refractivity contribution in [2.75, 3.05) is 13.2 Å². The van der Waals surface area contributed by atoms with Crippen LogP contribution in [0, 0.1) is 0 Å². The summed E-state index contributed by atoms with van der Waals surface area (Å²) in [7, 11) is 0. The fraction of sp³-hybridized carbons (Fsp3) is 0.898. The fourth-order valence-corrected chi connectivity index (χ4v) is 9.01. The second-order valence-electron chi connectivity index (χ2n) is 20.0. The number of aliphatic hydroxyl groups is 2. The van der Waals surface area contributed by atoms with Gasteiger partial charge >= 0.3 is 5.97 Å². The number of amides is 1. The van der Waals surface area contributed by atoms with Gasteiger partial charge < -0.3 is 20.3 Å². The predicted octanol–water partition coefficient (Wildman–Crippen LogP) is 17.9. The van der Waals surface area contributed by atoms with Gasteiger partial charge in [0, 0.05) is 12.8 Å². The second-order valence-corrected chi connectivity index (χ2v) is 20.0. The quantitative estimate of drug-likeness (QED) is 0.0321. The average molecular weight is 917 g/mol. The third-order valence-corrected chi connectivity index (χ3v) is 13.5. The number of hydrogen-bond acceptors (Lipinski definition) is 5. The number of unbranched alkanes of at least 4 members (excludes halogenated alkanes) is 39. The van der Waals surface area contributed by atoms with E-state index in [2.05, 4.69) is 43.5 Å². The SMILES string of the molecule is CCCC/C=C\C/C=C\CCCCCCCC(=O)OCCCCCCCCCCCCCCCCCCCCCCCC(=O)NC(CO)C(O)CCCCCCCCCCCCCCC. The predicted molar refractivity (Wildman–Crippen MR) is 283 cm³/mol. The van der Waals surface area contributed by atoms with Crippen molar-refractivity contribution < 1.29 is 24.5 Å². The van der Waals surface area contributed by atoms with Gasteiger partial charge in [0.1, 0.15) is 0 Å². The molecular formula is C59H113NO5. The van der Waals surface area contributed by atoms with Crippen LogP contribution in [-0.2, 0) is 14.3 Å². The molecule has 0 saturated carbocycles. The lowest BCUT2D eigenvalue weighted by molar-refractivity contribution is -0.143. The standard InChI is InChI=1S/C59H113NO5/c1-3-5-7-9-11-13-15-17-29-33-37-41-45-49-53-59(64)65-54-50-46-42-38-34-30-26-24-22-20-18-19-21-23-25-28-32-36-40-44-48-52-58(63)60-56(55-61)57(62)51-47-43-39-35-31-27-16-14-12-10-8-6-4-2/h9,11,15,17,56-57,61-62H,3-8,10,12-14,16,18-55H2,1-2H3,(H,60,63)/b11-9-,17-15-. The zero-order valence-electron chi connectivity index (χ0n) is 43.7. The minimum Gasteiger partial charge on any atom is -0.466 e. The molecule has 6 nitrogen and oxygen atoms in total. The summed E-state index contributed by atoms with van der Waals surface area (Å²) in [6.45, 7) is 4.91. The van der Waals surface area contributed by atoms with E-state index in [0.29, 0.717) is 25.9 Å².